The molecule has 1 aliphatic rings. The Hall–Kier alpha value is -2.91. The first-order valence-electron chi connectivity index (χ1n) is 11.2. The Kier molecular flexibility index (Phi) is 6.99. The first-order valence-corrected chi connectivity index (χ1v) is 11.2. The molecule has 2 aromatic heterocycles. The molecule has 7 nitrogen and oxygen atoms in total. The average molecular weight is 458 g/mol. The molecule has 33 heavy (non-hydrogen) atoms. The molecule has 1 aromatic carbocycles. The van der Waals surface area contributed by atoms with Gasteiger partial charge >= 0.3 is 0 Å². The molecule has 176 valence electrons. The van der Waals surface area contributed by atoms with Gasteiger partial charge in [-0.25, -0.2) is 18.7 Å². The van der Waals surface area contributed by atoms with Crippen LogP contribution in [0.15, 0.2) is 42.9 Å². The van der Waals surface area contributed by atoms with Gasteiger partial charge in [0.1, 0.15) is 5.69 Å². The fourth-order valence-corrected chi connectivity index (χ4v) is 4.45. The number of hydrogen-bond acceptors (Lipinski definition) is 6. The van der Waals surface area contributed by atoms with Crippen LogP contribution in [-0.4, -0.2) is 41.7 Å². The van der Waals surface area contributed by atoms with Crippen molar-refractivity contribution in [3.8, 4) is 11.1 Å². The first-order chi connectivity index (χ1) is 15.8. The molecule has 1 unspecified atom stereocenters. The standard InChI is InChI=1S/C24H29F2N5O2/c1-16-9-17(11-19(10-16)29-23-27-8-5-21(30-23)22(25)26)18-13-28-31(14-18)15-20(32)12-24(33)6-3-2-4-7-24/h5,8-11,13-14,20,22,32-33H,2-4,6-7,12,15H2,1H3,(H,27,29,30). The number of nitrogens with zero attached hydrogens (tertiary/aromatic N) is 4. The fourth-order valence-electron chi connectivity index (χ4n) is 4.45. The summed E-state index contributed by atoms with van der Waals surface area (Å²) < 4.78 is 27.5. The molecule has 4 rings (SSSR count). The lowest BCUT2D eigenvalue weighted by atomic mass is 9.81. The molecule has 0 spiro atoms. The van der Waals surface area contributed by atoms with Gasteiger partial charge in [-0.3, -0.25) is 4.68 Å². The number of hydrogen-bond donors (Lipinski definition) is 3. The number of rotatable bonds is 8. The van der Waals surface area contributed by atoms with Gasteiger partial charge in [0.25, 0.3) is 6.43 Å². The highest BCUT2D eigenvalue weighted by Gasteiger charge is 2.31. The summed E-state index contributed by atoms with van der Waals surface area (Å²) in [5.41, 5.74) is 2.25. The predicted molar refractivity (Wildman–Crippen MR) is 121 cm³/mol. The third-order valence-corrected chi connectivity index (χ3v) is 6.00. The summed E-state index contributed by atoms with van der Waals surface area (Å²) in [5.74, 6) is 0.101. The van der Waals surface area contributed by atoms with Gasteiger partial charge in [0.15, 0.2) is 0 Å². The summed E-state index contributed by atoms with van der Waals surface area (Å²) in [6, 6.07) is 6.92. The Morgan fingerprint density at radius 1 is 1.15 bits per heavy atom. The van der Waals surface area contributed by atoms with Crippen LogP contribution in [0.3, 0.4) is 0 Å². The predicted octanol–water partition coefficient (Wildman–Crippen LogP) is 4.78. The van der Waals surface area contributed by atoms with Crippen LogP contribution >= 0.6 is 0 Å². The number of aromatic nitrogens is 4. The van der Waals surface area contributed by atoms with Crippen LogP contribution in [0, 0.1) is 6.92 Å². The van der Waals surface area contributed by atoms with Gasteiger partial charge in [-0.15, -0.1) is 0 Å². The normalized spacial score (nSPS) is 16.7. The zero-order chi connectivity index (χ0) is 23.4. The number of halogens is 2. The Morgan fingerprint density at radius 3 is 2.70 bits per heavy atom. The number of nitrogens with one attached hydrogen (secondary N) is 1. The maximum absolute atomic E-state index is 12.9. The van der Waals surface area contributed by atoms with Crippen molar-refractivity contribution in [1.82, 2.24) is 19.7 Å². The van der Waals surface area contributed by atoms with E-state index in [2.05, 4.69) is 20.4 Å². The summed E-state index contributed by atoms with van der Waals surface area (Å²) in [4.78, 5) is 7.87. The van der Waals surface area contributed by atoms with Crippen LogP contribution < -0.4 is 5.32 Å². The minimum absolute atomic E-state index is 0.101. The maximum Gasteiger partial charge on any atom is 0.280 e. The van der Waals surface area contributed by atoms with Gasteiger partial charge in [0, 0.05) is 30.1 Å². The van der Waals surface area contributed by atoms with E-state index in [9.17, 15) is 19.0 Å². The van der Waals surface area contributed by atoms with Crippen LogP contribution in [0.2, 0.25) is 0 Å². The third kappa shape index (κ3) is 6.11. The van der Waals surface area contributed by atoms with E-state index >= 15 is 0 Å². The zero-order valence-electron chi connectivity index (χ0n) is 18.6. The molecule has 3 N–H and O–H groups in total. The molecule has 1 saturated carbocycles. The molecule has 1 fully saturated rings. The minimum Gasteiger partial charge on any atom is -0.391 e. The second-order valence-corrected chi connectivity index (χ2v) is 8.91. The fraction of sp³-hybridized carbons (Fsp3) is 0.458. The highest BCUT2D eigenvalue weighted by Crippen LogP contribution is 2.32. The van der Waals surface area contributed by atoms with Crippen molar-refractivity contribution >= 4 is 11.6 Å². The summed E-state index contributed by atoms with van der Waals surface area (Å²) in [7, 11) is 0. The van der Waals surface area contributed by atoms with Crippen molar-refractivity contribution in [3.05, 3.63) is 54.1 Å². The molecule has 9 heteroatoms. The highest BCUT2D eigenvalue weighted by molar-refractivity contribution is 5.70. The zero-order valence-corrected chi connectivity index (χ0v) is 18.6. The number of alkyl halides is 2. The molecule has 2 heterocycles. The average Bonchev–Trinajstić information content (AvgIpc) is 3.22. The molecule has 0 amide bonds. The Morgan fingerprint density at radius 2 is 1.94 bits per heavy atom. The number of aryl methyl sites for hydroxylation is 1. The van der Waals surface area contributed by atoms with Crippen molar-refractivity contribution in [3.63, 3.8) is 0 Å². The molecular weight excluding hydrogens is 428 g/mol. The lowest BCUT2D eigenvalue weighted by Gasteiger charge is -2.33. The molecule has 0 aliphatic heterocycles. The number of benzene rings is 1. The lowest BCUT2D eigenvalue weighted by Crippen LogP contribution is -2.36. The molecule has 1 atom stereocenters. The second kappa shape index (κ2) is 9.93. The van der Waals surface area contributed by atoms with Crippen LogP contribution in [0.1, 0.15) is 56.2 Å². The minimum atomic E-state index is -2.67. The van der Waals surface area contributed by atoms with E-state index in [0.717, 1.165) is 48.8 Å². The molecular formula is C24H29F2N5O2. The molecule has 3 aromatic rings. The van der Waals surface area contributed by atoms with Crippen LogP contribution in [0.5, 0.6) is 0 Å². The van der Waals surface area contributed by atoms with E-state index in [1.807, 2.05) is 31.3 Å². The third-order valence-electron chi connectivity index (χ3n) is 6.00. The van der Waals surface area contributed by atoms with Crippen LogP contribution in [-0.2, 0) is 6.54 Å². The second-order valence-electron chi connectivity index (χ2n) is 8.91. The number of aliphatic hydroxyl groups is 2. The molecule has 0 bridgehead atoms. The van der Waals surface area contributed by atoms with Gasteiger partial charge < -0.3 is 15.5 Å². The lowest BCUT2D eigenvalue weighted by molar-refractivity contribution is -0.0413. The van der Waals surface area contributed by atoms with Gasteiger partial charge in [-0.1, -0.05) is 25.3 Å². The summed E-state index contributed by atoms with van der Waals surface area (Å²) >= 11 is 0. The summed E-state index contributed by atoms with van der Waals surface area (Å²) in [6.07, 6.45) is 6.45. The van der Waals surface area contributed by atoms with E-state index in [1.165, 1.54) is 12.3 Å². The Balaban J connectivity index is 1.45. The number of aliphatic hydroxyl groups excluding tert-OH is 1. The quantitative estimate of drug-likeness (QED) is 0.451. The van der Waals surface area contributed by atoms with Crippen molar-refractivity contribution in [1.29, 1.82) is 0 Å². The maximum atomic E-state index is 12.9. The van der Waals surface area contributed by atoms with E-state index in [0.29, 0.717) is 18.7 Å². The first kappa shape index (κ1) is 23.3. The van der Waals surface area contributed by atoms with E-state index in [-0.39, 0.29) is 11.6 Å². The van der Waals surface area contributed by atoms with E-state index in [1.54, 1.807) is 10.9 Å². The molecule has 1 aliphatic carbocycles. The van der Waals surface area contributed by atoms with Gasteiger partial charge in [0.05, 0.1) is 24.4 Å². The van der Waals surface area contributed by atoms with Gasteiger partial charge in [-0.2, -0.15) is 5.10 Å². The number of anilines is 2. The monoisotopic (exact) mass is 457 g/mol. The summed E-state index contributed by atoms with van der Waals surface area (Å²) in [6.45, 7) is 2.23. The largest absolute Gasteiger partial charge is 0.391 e. The Labute approximate surface area is 191 Å². The van der Waals surface area contributed by atoms with Crippen molar-refractivity contribution in [2.24, 2.45) is 0 Å². The molecule has 0 radical (unpaired) electrons. The van der Waals surface area contributed by atoms with Crippen LogP contribution in [0.4, 0.5) is 20.4 Å². The highest BCUT2D eigenvalue weighted by atomic mass is 19.3. The van der Waals surface area contributed by atoms with Crippen molar-refractivity contribution in [2.75, 3.05) is 5.32 Å². The van der Waals surface area contributed by atoms with E-state index in [4.69, 9.17) is 0 Å². The Bertz CT molecular complexity index is 1080. The van der Waals surface area contributed by atoms with E-state index < -0.39 is 18.1 Å². The topological polar surface area (TPSA) is 96.1 Å². The smallest absolute Gasteiger partial charge is 0.280 e. The van der Waals surface area contributed by atoms with Gasteiger partial charge in [-0.05, 0) is 49.1 Å². The van der Waals surface area contributed by atoms with Crippen LogP contribution in [0.25, 0.3) is 11.1 Å². The van der Waals surface area contributed by atoms with Crippen molar-refractivity contribution < 1.29 is 19.0 Å². The summed E-state index contributed by atoms with van der Waals surface area (Å²) in [5, 5.41) is 28.6. The molecule has 0 saturated heterocycles. The SMILES string of the molecule is Cc1cc(Nc2nccc(C(F)F)n2)cc(-c2cnn(CC(O)CC3(O)CCCCC3)c2)c1. The van der Waals surface area contributed by atoms with Crippen molar-refractivity contribution in [2.45, 2.75) is 70.1 Å². The van der Waals surface area contributed by atoms with Gasteiger partial charge in [0.2, 0.25) is 5.95 Å².